The summed E-state index contributed by atoms with van der Waals surface area (Å²) in [5.41, 5.74) is 1.38. The van der Waals surface area contributed by atoms with Crippen molar-refractivity contribution in [1.29, 1.82) is 0 Å². The quantitative estimate of drug-likeness (QED) is 0.852. The first-order valence-electron chi connectivity index (χ1n) is 8.97. The standard InChI is InChI=1S/C19H21F3N4O/c1-18(2,26-16-10-23-8-12(16)9-24-26)17(27)25-15-6-5-13(19(20,21)22)7-14(15)11-3-4-11/h5-7,9,11,23H,3-4,8,10H2,1-2H3,(H,25,27). The number of nitrogens with one attached hydrogen (secondary N) is 2. The van der Waals surface area contributed by atoms with Crippen LogP contribution in [0.25, 0.3) is 0 Å². The van der Waals surface area contributed by atoms with Crippen LogP contribution >= 0.6 is 0 Å². The highest BCUT2D eigenvalue weighted by Gasteiger charge is 2.37. The van der Waals surface area contributed by atoms with Crippen LogP contribution in [0.3, 0.4) is 0 Å². The van der Waals surface area contributed by atoms with Crippen molar-refractivity contribution in [3.8, 4) is 0 Å². The third-order valence-corrected chi connectivity index (χ3v) is 5.29. The minimum Gasteiger partial charge on any atom is -0.324 e. The van der Waals surface area contributed by atoms with Crippen LogP contribution in [0, 0.1) is 0 Å². The van der Waals surface area contributed by atoms with Gasteiger partial charge in [0.15, 0.2) is 0 Å². The van der Waals surface area contributed by atoms with Gasteiger partial charge in [-0.2, -0.15) is 18.3 Å². The summed E-state index contributed by atoms with van der Waals surface area (Å²) in [6.45, 7) is 4.88. The molecule has 2 heterocycles. The maximum absolute atomic E-state index is 13.0. The van der Waals surface area contributed by atoms with E-state index in [4.69, 9.17) is 0 Å². The van der Waals surface area contributed by atoms with Gasteiger partial charge >= 0.3 is 6.18 Å². The van der Waals surface area contributed by atoms with Crippen LogP contribution in [0.2, 0.25) is 0 Å². The van der Waals surface area contributed by atoms with E-state index in [9.17, 15) is 18.0 Å². The van der Waals surface area contributed by atoms with Gasteiger partial charge in [0, 0.05) is 24.3 Å². The molecule has 0 radical (unpaired) electrons. The number of fused-ring (bicyclic) bond motifs is 1. The molecule has 0 unspecified atom stereocenters. The van der Waals surface area contributed by atoms with Crippen LogP contribution in [-0.2, 0) is 29.6 Å². The van der Waals surface area contributed by atoms with E-state index in [-0.39, 0.29) is 11.8 Å². The van der Waals surface area contributed by atoms with Gasteiger partial charge in [0.2, 0.25) is 0 Å². The molecule has 144 valence electrons. The minimum absolute atomic E-state index is 0.0730. The average Bonchev–Trinajstić information content (AvgIpc) is 3.18. The molecule has 5 nitrogen and oxygen atoms in total. The zero-order chi connectivity index (χ0) is 19.4. The zero-order valence-electron chi connectivity index (χ0n) is 15.2. The number of aromatic nitrogens is 2. The van der Waals surface area contributed by atoms with Gasteiger partial charge in [-0.15, -0.1) is 0 Å². The highest BCUT2D eigenvalue weighted by Crippen LogP contribution is 2.45. The molecular formula is C19H21F3N4O. The lowest BCUT2D eigenvalue weighted by molar-refractivity contribution is -0.137. The Morgan fingerprint density at radius 2 is 2.00 bits per heavy atom. The number of amides is 1. The molecule has 1 saturated carbocycles. The molecule has 1 aliphatic heterocycles. The van der Waals surface area contributed by atoms with E-state index >= 15 is 0 Å². The van der Waals surface area contributed by atoms with Crippen molar-refractivity contribution in [3.05, 3.63) is 46.8 Å². The van der Waals surface area contributed by atoms with Crippen LogP contribution in [0.5, 0.6) is 0 Å². The number of rotatable bonds is 4. The van der Waals surface area contributed by atoms with Crippen molar-refractivity contribution in [1.82, 2.24) is 15.1 Å². The van der Waals surface area contributed by atoms with E-state index < -0.39 is 17.3 Å². The SMILES string of the molecule is CC(C)(C(=O)Nc1ccc(C(F)(F)F)cc1C1CC1)n1ncc2c1CNC2. The Bertz CT molecular complexity index is 897. The van der Waals surface area contributed by atoms with E-state index in [0.717, 1.165) is 42.8 Å². The Labute approximate surface area is 154 Å². The molecule has 0 spiro atoms. The van der Waals surface area contributed by atoms with Crippen LogP contribution in [-0.4, -0.2) is 15.7 Å². The van der Waals surface area contributed by atoms with Gasteiger partial charge in [0.1, 0.15) is 5.54 Å². The maximum atomic E-state index is 13.0. The van der Waals surface area contributed by atoms with Crippen molar-refractivity contribution in [2.24, 2.45) is 0 Å². The molecule has 1 aromatic heterocycles. The summed E-state index contributed by atoms with van der Waals surface area (Å²) in [7, 11) is 0. The second kappa shape index (κ2) is 6.09. The molecule has 1 fully saturated rings. The zero-order valence-corrected chi connectivity index (χ0v) is 15.2. The molecule has 27 heavy (non-hydrogen) atoms. The van der Waals surface area contributed by atoms with Crippen molar-refractivity contribution in [2.75, 3.05) is 5.32 Å². The van der Waals surface area contributed by atoms with E-state index in [1.54, 1.807) is 24.7 Å². The van der Waals surface area contributed by atoms with E-state index in [0.29, 0.717) is 17.8 Å². The number of benzene rings is 1. The third-order valence-electron chi connectivity index (χ3n) is 5.29. The number of carbonyl (C=O) groups excluding carboxylic acids is 1. The number of hydrogen-bond acceptors (Lipinski definition) is 3. The second-order valence-electron chi connectivity index (χ2n) is 7.72. The van der Waals surface area contributed by atoms with Crippen LogP contribution in [0.4, 0.5) is 18.9 Å². The fourth-order valence-corrected chi connectivity index (χ4v) is 3.50. The molecule has 0 saturated heterocycles. The smallest absolute Gasteiger partial charge is 0.324 e. The van der Waals surface area contributed by atoms with Crippen molar-refractivity contribution < 1.29 is 18.0 Å². The summed E-state index contributed by atoms with van der Waals surface area (Å²) in [4.78, 5) is 13.0. The molecule has 1 aliphatic carbocycles. The monoisotopic (exact) mass is 378 g/mol. The lowest BCUT2D eigenvalue weighted by Crippen LogP contribution is -2.42. The Balaban J connectivity index is 1.62. The molecular weight excluding hydrogens is 357 g/mol. The molecule has 2 aliphatic rings. The molecule has 1 amide bonds. The highest BCUT2D eigenvalue weighted by atomic mass is 19.4. The summed E-state index contributed by atoms with van der Waals surface area (Å²) in [5.74, 6) is -0.231. The molecule has 0 bridgehead atoms. The van der Waals surface area contributed by atoms with Gasteiger partial charge in [0.25, 0.3) is 5.91 Å². The van der Waals surface area contributed by atoms with Crippen LogP contribution in [0.1, 0.15) is 55.0 Å². The first-order valence-corrected chi connectivity index (χ1v) is 8.97. The van der Waals surface area contributed by atoms with E-state index in [1.165, 1.54) is 6.07 Å². The molecule has 2 N–H and O–H groups in total. The Kier molecular flexibility index (Phi) is 4.06. The molecule has 0 atom stereocenters. The summed E-state index contributed by atoms with van der Waals surface area (Å²) >= 11 is 0. The minimum atomic E-state index is -4.39. The van der Waals surface area contributed by atoms with Crippen molar-refractivity contribution in [3.63, 3.8) is 0 Å². The molecule has 1 aromatic carbocycles. The van der Waals surface area contributed by atoms with Gasteiger partial charge in [-0.05, 0) is 56.4 Å². The van der Waals surface area contributed by atoms with Gasteiger partial charge in [-0.25, -0.2) is 0 Å². The fourth-order valence-electron chi connectivity index (χ4n) is 3.50. The Morgan fingerprint density at radius 1 is 1.26 bits per heavy atom. The topological polar surface area (TPSA) is 59.0 Å². The normalized spacial score (nSPS) is 17.1. The summed E-state index contributed by atoms with van der Waals surface area (Å²) in [6.07, 6.45) is -0.968. The highest BCUT2D eigenvalue weighted by molar-refractivity contribution is 5.97. The first-order chi connectivity index (χ1) is 12.7. The van der Waals surface area contributed by atoms with Crippen molar-refractivity contribution >= 4 is 11.6 Å². The van der Waals surface area contributed by atoms with Gasteiger partial charge in [-0.3, -0.25) is 9.48 Å². The predicted molar refractivity (Wildman–Crippen MR) is 94.1 cm³/mol. The Morgan fingerprint density at radius 3 is 2.67 bits per heavy atom. The largest absolute Gasteiger partial charge is 0.416 e. The number of carbonyl (C=O) groups is 1. The van der Waals surface area contributed by atoms with Gasteiger partial charge < -0.3 is 10.6 Å². The van der Waals surface area contributed by atoms with Crippen LogP contribution < -0.4 is 10.6 Å². The summed E-state index contributed by atoms with van der Waals surface area (Å²) in [6, 6.07) is 3.54. The molecule has 4 rings (SSSR count). The number of halogens is 3. The maximum Gasteiger partial charge on any atom is 0.416 e. The molecule has 8 heteroatoms. The molecule has 2 aromatic rings. The fraction of sp³-hybridized carbons (Fsp3) is 0.474. The summed E-state index contributed by atoms with van der Waals surface area (Å²) in [5, 5.41) is 10.4. The Hall–Kier alpha value is -2.35. The van der Waals surface area contributed by atoms with E-state index in [1.807, 2.05) is 0 Å². The predicted octanol–water partition coefficient (Wildman–Crippen LogP) is 3.76. The number of nitrogens with zero attached hydrogens (tertiary/aromatic N) is 2. The van der Waals surface area contributed by atoms with Gasteiger partial charge in [-0.1, -0.05) is 0 Å². The van der Waals surface area contributed by atoms with Gasteiger partial charge in [0.05, 0.1) is 17.5 Å². The lowest BCUT2D eigenvalue weighted by atomic mass is 10.0. The average molecular weight is 378 g/mol. The van der Waals surface area contributed by atoms with E-state index in [2.05, 4.69) is 15.7 Å². The number of anilines is 1. The van der Waals surface area contributed by atoms with Crippen LogP contribution in [0.15, 0.2) is 24.4 Å². The first kappa shape index (κ1) is 18.0. The lowest BCUT2D eigenvalue weighted by Gasteiger charge is -2.27. The second-order valence-corrected chi connectivity index (χ2v) is 7.72. The third kappa shape index (κ3) is 3.22. The summed E-state index contributed by atoms with van der Waals surface area (Å²) < 4.78 is 40.8. The van der Waals surface area contributed by atoms with Crippen molar-refractivity contribution in [2.45, 2.75) is 57.4 Å². The number of alkyl halides is 3. The number of hydrogen-bond donors (Lipinski definition) is 2.